The van der Waals surface area contributed by atoms with Gasteiger partial charge in [-0.25, -0.2) is 0 Å². The van der Waals surface area contributed by atoms with Gasteiger partial charge in [-0.3, -0.25) is 0 Å². The lowest BCUT2D eigenvalue weighted by molar-refractivity contribution is 0.0731. The Bertz CT molecular complexity index is 579. The molecule has 2 atom stereocenters. The summed E-state index contributed by atoms with van der Waals surface area (Å²) in [6.45, 7) is 0.890. The zero-order valence-corrected chi connectivity index (χ0v) is 11.0. The summed E-state index contributed by atoms with van der Waals surface area (Å²) in [7, 11) is 1.68. The molecule has 2 aromatic rings. The lowest BCUT2D eigenvalue weighted by Gasteiger charge is -2.19. The summed E-state index contributed by atoms with van der Waals surface area (Å²) in [6.07, 6.45) is 0.905. The second-order valence-corrected chi connectivity index (χ2v) is 4.93. The predicted molar refractivity (Wildman–Crippen MR) is 74.4 cm³/mol. The number of aliphatic hydroxyl groups excluding tert-OH is 1. The molecule has 1 fully saturated rings. The maximum atomic E-state index is 9.47. The summed E-state index contributed by atoms with van der Waals surface area (Å²) in [5, 5.41) is 11.7. The van der Waals surface area contributed by atoms with Gasteiger partial charge >= 0.3 is 0 Å². The highest BCUT2D eigenvalue weighted by Crippen LogP contribution is 2.39. The van der Waals surface area contributed by atoms with Crippen LogP contribution in [0.15, 0.2) is 36.4 Å². The monoisotopic (exact) mass is 258 g/mol. The summed E-state index contributed by atoms with van der Waals surface area (Å²) < 4.78 is 11.2. The van der Waals surface area contributed by atoms with Crippen molar-refractivity contribution in [2.45, 2.75) is 12.5 Å². The second-order valence-electron chi connectivity index (χ2n) is 4.93. The molecule has 0 saturated carbocycles. The van der Waals surface area contributed by atoms with Gasteiger partial charge in [0.25, 0.3) is 0 Å². The van der Waals surface area contributed by atoms with Crippen molar-refractivity contribution >= 4 is 10.8 Å². The number of aliphatic hydroxyl groups is 1. The molecule has 3 nitrogen and oxygen atoms in total. The van der Waals surface area contributed by atoms with Crippen LogP contribution >= 0.6 is 0 Å². The second kappa shape index (κ2) is 5.19. The first kappa shape index (κ1) is 12.5. The van der Waals surface area contributed by atoms with Crippen molar-refractivity contribution in [2.24, 2.45) is 5.92 Å². The van der Waals surface area contributed by atoms with Crippen LogP contribution in [0.3, 0.4) is 0 Å². The lowest BCUT2D eigenvalue weighted by Crippen LogP contribution is -2.12. The quantitative estimate of drug-likeness (QED) is 0.920. The van der Waals surface area contributed by atoms with Gasteiger partial charge in [-0.2, -0.15) is 0 Å². The average Bonchev–Trinajstić information content (AvgIpc) is 2.94. The Balaban J connectivity index is 2.14. The molecule has 3 heteroatoms. The molecule has 1 saturated heterocycles. The van der Waals surface area contributed by atoms with Gasteiger partial charge in [0.05, 0.1) is 13.2 Å². The molecular formula is C16H18O3. The zero-order chi connectivity index (χ0) is 13.2. The molecule has 2 unspecified atom stereocenters. The molecule has 0 bridgehead atoms. The van der Waals surface area contributed by atoms with E-state index in [2.05, 4.69) is 18.2 Å². The average molecular weight is 258 g/mol. The maximum Gasteiger partial charge on any atom is 0.126 e. The van der Waals surface area contributed by atoms with E-state index in [4.69, 9.17) is 9.47 Å². The van der Waals surface area contributed by atoms with E-state index in [1.165, 1.54) is 0 Å². The van der Waals surface area contributed by atoms with E-state index in [9.17, 15) is 5.11 Å². The Morgan fingerprint density at radius 1 is 1.21 bits per heavy atom. The maximum absolute atomic E-state index is 9.47. The standard InChI is InChI=1S/C16H18O3/c1-18-15-7-6-14(12-4-2-3-5-13(12)15)16-11(10-17)8-9-19-16/h2-7,11,16-17H,8-10H2,1H3. The van der Waals surface area contributed by atoms with Crippen molar-refractivity contribution in [3.8, 4) is 5.75 Å². The SMILES string of the molecule is COc1ccc(C2OCCC2CO)c2ccccc12. The van der Waals surface area contributed by atoms with Crippen LogP contribution in [0.5, 0.6) is 5.75 Å². The van der Waals surface area contributed by atoms with Crippen LogP contribution in [0.4, 0.5) is 0 Å². The van der Waals surface area contributed by atoms with Crippen molar-refractivity contribution in [1.82, 2.24) is 0 Å². The van der Waals surface area contributed by atoms with E-state index in [0.29, 0.717) is 0 Å². The van der Waals surface area contributed by atoms with Gasteiger partial charge in [0.15, 0.2) is 0 Å². The first-order chi connectivity index (χ1) is 9.35. The molecule has 0 aliphatic carbocycles. The van der Waals surface area contributed by atoms with Gasteiger partial charge < -0.3 is 14.6 Å². The topological polar surface area (TPSA) is 38.7 Å². The highest BCUT2D eigenvalue weighted by Gasteiger charge is 2.30. The molecule has 100 valence electrons. The molecule has 3 rings (SSSR count). The van der Waals surface area contributed by atoms with Crippen LogP contribution in [0, 0.1) is 5.92 Å². The van der Waals surface area contributed by atoms with Gasteiger partial charge in [-0.05, 0) is 23.4 Å². The summed E-state index contributed by atoms with van der Waals surface area (Å²) in [4.78, 5) is 0. The van der Waals surface area contributed by atoms with Crippen LogP contribution in [0.2, 0.25) is 0 Å². The predicted octanol–water partition coefficient (Wildman–Crippen LogP) is 2.92. The summed E-state index contributed by atoms with van der Waals surface area (Å²) >= 11 is 0. The first-order valence-corrected chi connectivity index (χ1v) is 6.63. The molecule has 0 amide bonds. The van der Waals surface area contributed by atoms with Gasteiger partial charge in [0.2, 0.25) is 0 Å². The molecule has 0 aromatic heterocycles. The molecule has 1 aliphatic rings. The molecule has 19 heavy (non-hydrogen) atoms. The Labute approximate surface area is 112 Å². The van der Waals surface area contributed by atoms with Gasteiger partial charge in [0.1, 0.15) is 5.75 Å². The van der Waals surface area contributed by atoms with E-state index >= 15 is 0 Å². The third-order valence-electron chi connectivity index (χ3n) is 3.89. The summed E-state index contributed by atoms with van der Waals surface area (Å²) in [5.74, 6) is 1.06. The third-order valence-corrected chi connectivity index (χ3v) is 3.89. The number of fused-ring (bicyclic) bond motifs is 1. The molecule has 2 aromatic carbocycles. The van der Waals surface area contributed by atoms with Crippen molar-refractivity contribution in [1.29, 1.82) is 0 Å². The van der Waals surface area contributed by atoms with E-state index in [0.717, 1.165) is 35.1 Å². The van der Waals surface area contributed by atoms with Crippen molar-refractivity contribution < 1.29 is 14.6 Å². The highest BCUT2D eigenvalue weighted by molar-refractivity contribution is 5.91. The number of methoxy groups -OCH3 is 1. The number of benzene rings is 2. The van der Waals surface area contributed by atoms with E-state index in [1.807, 2.05) is 18.2 Å². The number of hydrogen-bond acceptors (Lipinski definition) is 3. The van der Waals surface area contributed by atoms with Crippen molar-refractivity contribution in [3.05, 3.63) is 42.0 Å². The highest BCUT2D eigenvalue weighted by atomic mass is 16.5. The fraction of sp³-hybridized carbons (Fsp3) is 0.375. The zero-order valence-electron chi connectivity index (χ0n) is 11.0. The largest absolute Gasteiger partial charge is 0.496 e. The minimum absolute atomic E-state index is 0.0131. The minimum atomic E-state index is -0.0131. The van der Waals surface area contributed by atoms with Crippen LogP contribution < -0.4 is 4.74 Å². The summed E-state index contributed by atoms with van der Waals surface area (Å²) in [5.41, 5.74) is 1.15. The number of ether oxygens (including phenoxy) is 2. The van der Waals surface area contributed by atoms with Crippen LogP contribution in [-0.4, -0.2) is 25.4 Å². The van der Waals surface area contributed by atoms with Crippen molar-refractivity contribution in [2.75, 3.05) is 20.3 Å². The molecule has 0 radical (unpaired) electrons. The molecule has 1 aliphatic heterocycles. The van der Waals surface area contributed by atoms with Crippen molar-refractivity contribution in [3.63, 3.8) is 0 Å². The number of rotatable bonds is 3. The van der Waals surface area contributed by atoms with E-state index in [1.54, 1.807) is 7.11 Å². The Kier molecular flexibility index (Phi) is 3.40. The third kappa shape index (κ3) is 2.09. The smallest absolute Gasteiger partial charge is 0.126 e. The fourth-order valence-electron chi connectivity index (χ4n) is 2.89. The first-order valence-electron chi connectivity index (χ1n) is 6.63. The van der Waals surface area contributed by atoms with E-state index < -0.39 is 0 Å². The molecule has 1 heterocycles. The molecular weight excluding hydrogens is 240 g/mol. The summed E-state index contributed by atoms with van der Waals surface area (Å²) in [6, 6.07) is 12.2. The Morgan fingerprint density at radius 2 is 2.00 bits per heavy atom. The van der Waals surface area contributed by atoms with Crippen LogP contribution in [0.25, 0.3) is 10.8 Å². The molecule has 0 spiro atoms. The molecule has 1 N–H and O–H groups in total. The van der Waals surface area contributed by atoms with Gasteiger partial charge in [-0.15, -0.1) is 0 Å². The van der Waals surface area contributed by atoms with Gasteiger partial charge in [0, 0.05) is 24.5 Å². The van der Waals surface area contributed by atoms with Crippen LogP contribution in [-0.2, 0) is 4.74 Å². The lowest BCUT2D eigenvalue weighted by atomic mass is 9.92. The number of hydrogen-bond donors (Lipinski definition) is 1. The van der Waals surface area contributed by atoms with Gasteiger partial charge in [-0.1, -0.05) is 30.3 Å². The van der Waals surface area contributed by atoms with E-state index in [-0.39, 0.29) is 18.6 Å². The van der Waals surface area contributed by atoms with Crippen LogP contribution in [0.1, 0.15) is 18.1 Å². The Hall–Kier alpha value is -1.58. The normalized spacial score (nSPS) is 22.8. The fourth-order valence-corrected chi connectivity index (χ4v) is 2.89. The minimum Gasteiger partial charge on any atom is -0.496 e. The Morgan fingerprint density at radius 3 is 2.74 bits per heavy atom.